The lowest BCUT2D eigenvalue weighted by Crippen LogP contribution is -2.42. The quantitative estimate of drug-likeness (QED) is 0.320. The summed E-state index contributed by atoms with van der Waals surface area (Å²) >= 11 is 0. The molecule has 6 rings (SSSR count). The van der Waals surface area contributed by atoms with E-state index in [0.29, 0.717) is 45.8 Å². The molecular weight excluding hydrogens is 563 g/mol. The van der Waals surface area contributed by atoms with Crippen LogP contribution in [0.1, 0.15) is 31.9 Å². The highest BCUT2D eigenvalue weighted by molar-refractivity contribution is 5.99. The summed E-state index contributed by atoms with van der Waals surface area (Å²) in [5.74, 6) is 0.669. The smallest absolute Gasteiger partial charge is 0.290 e. The number of aliphatic imine (C=N–C) groups is 1. The number of hydrogen-bond donors (Lipinski definition) is 3. The molecule has 44 heavy (non-hydrogen) atoms. The van der Waals surface area contributed by atoms with Crippen LogP contribution in [0.4, 0.5) is 10.1 Å². The van der Waals surface area contributed by atoms with Crippen molar-refractivity contribution in [2.24, 2.45) is 12.0 Å². The number of halogens is 1. The Morgan fingerprint density at radius 1 is 1.20 bits per heavy atom. The SMILES string of the molecule is CC1CNC=C2N=C(Nc3cc(-c4cccc(-n5ccc6cc(C(C)(C)C#N)cc(F)c6c5=O)c4CO)nn(C)c3=O)CN21. The lowest BCUT2D eigenvalue weighted by molar-refractivity contribution is 0.282. The van der Waals surface area contributed by atoms with Crippen molar-refractivity contribution < 1.29 is 9.50 Å². The van der Waals surface area contributed by atoms with Crippen LogP contribution in [0.25, 0.3) is 27.7 Å². The van der Waals surface area contributed by atoms with E-state index in [9.17, 15) is 20.0 Å². The summed E-state index contributed by atoms with van der Waals surface area (Å²) in [5.41, 5.74) is 0.401. The fourth-order valence-electron chi connectivity index (χ4n) is 5.61. The molecule has 0 bridgehead atoms. The molecule has 1 unspecified atom stereocenters. The van der Waals surface area contributed by atoms with Crippen LogP contribution in [0.3, 0.4) is 0 Å². The summed E-state index contributed by atoms with van der Waals surface area (Å²) < 4.78 is 17.9. The highest BCUT2D eigenvalue weighted by atomic mass is 19.1. The van der Waals surface area contributed by atoms with Crippen LogP contribution in [0.5, 0.6) is 0 Å². The second-order valence-electron chi connectivity index (χ2n) is 11.6. The number of nitriles is 1. The third-order valence-electron chi connectivity index (χ3n) is 8.19. The summed E-state index contributed by atoms with van der Waals surface area (Å²) in [5, 5.41) is 31.1. The summed E-state index contributed by atoms with van der Waals surface area (Å²) in [6, 6.07) is 13.6. The van der Waals surface area contributed by atoms with Gasteiger partial charge in [0.05, 0.1) is 41.4 Å². The first-order valence-electron chi connectivity index (χ1n) is 14.2. The van der Waals surface area contributed by atoms with Crippen molar-refractivity contribution in [1.82, 2.24) is 24.6 Å². The number of aliphatic hydroxyl groups excluding tert-OH is 1. The topological polar surface area (TPSA) is 141 Å². The number of hydrogen-bond acceptors (Lipinski definition) is 9. The second-order valence-corrected chi connectivity index (χ2v) is 11.6. The number of aliphatic hydroxyl groups is 1. The molecule has 0 saturated heterocycles. The molecule has 2 aromatic carbocycles. The highest BCUT2D eigenvalue weighted by Gasteiger charge is 2.28. The number of pyridine rings is 1. The van der Waals surface area contributed by atoms with E-state index in [2.05, 4.69) is 38.6 Å². The first kappa shape index (κ1) is 28.8. The Bertz CT molecular complexity index is 2050. The third-order valence-corrected chi connectivity index (χ3v) is 8.19. The Morgan fingerprint density at radius 3 is 2.73 bits per heavy atom. The maximum Gasteiger partial charge on any atom is 0.290 e. The Labute approximate surface area is 252 Å². The predicted octanol–water partition coefficient (Wildman–Crippen LogP) is 3.10. The molecule has 0 saturated carbocycles. The van der Waals surface area contributed by atoms with Gasteiger partial charge in [0.1, 0.15) is 23.2 Å². The first-order chi connectivity index (χ1) is 21.0. The van der Waals surface area contributed by atoms with Crippen LogP contribution < -0.4 is 21.8 Å². The largest absolute Gasteiger partial charge is 0.392 e. The molecule has 1 atom stereocenters. The molecule has 0 amide bonds. The summed E-state index contributed by atoms with van der Waals surface area (Å²) in [4.78, 5) is 33.5. The van der Waals surface area contributed by atoms with Gasteiger partial charge in [-0.3, -0.25) is 14.2 Å². The Balaban J connectivity index is 1.42. The molecule has 11 nitrogen and oxygen atoms in total. The molecule has 224 valence electrons. The maximum absolute atomic E-state index is 15.4. The molecule has 0 fully saturated rings. The van der Waals surface area contributed by atoms with Crippen molar-refractivity contribution in [3.05, 3.63) is 98.3 Å². The van der Waals surface area contributed by atoms with Crippen molar-refractivity contribution >= 4 is 22.3 Å². The van der Waals surface area contributed by atoms with Crippen molar-refractivity contribution in [1.29, 1.82) is 5.26 Å². The van der Waals surface area contributed by atoms with E-state index in [1.165, 1.54) is 28.6 Å². The van der Waals surface area contributed by atoms with E-state index in [1.807, 2.05) is 6.20 Å². The number of aromatic nitrogens is 3. The molecule has 3 N–H and O–H groups in total. The van der Waals surface area contributed by atoms with Crippen molar-refractivity contribution in [3.8, 4) is 23.0 Å². The molecule has 4 heterocycles. The number of benzene rings is 2. The molecule has 2 aromatic heterocycles. The average Bonchev–Trinajstić information content (AvgIpc) is 3.42. The van der Waals surface area contributed by atoms with Gasteiger partial charge in [0, 0.05) is 43.2 Å². The zero-order valence-electron chi connectivity index (χ0n) is 24.7. The van der Waals surface area contributed by atoms with E-state index in [0.717, 1.165) is 12.4 Å². The van der Waals surface area contributed by atoms with Gasteiger partial charge in [-0.25, -0.2) is 14.1 Å². The van der Waals surface area contributed by atoms with Crippen LogP contribution in [0.15, 0.2) is 75.3 Å². The average molecular weight is 595 g/mol. The van der Waals surface area contributed by atoms with Crippen molar-refractivity contribution in [2.75, 3.05) is 18.4 Å². The number of aryl methyl sites for hydroxylation is 1. The van der Waals surface area contributed by atoms with Crippen LogP contribution in [-0.2, 0) is 19.1 Å². The van der Waals surface area contributed by atoms with Gasteiger partial charge in [0.25, 0.3) is 11.1 Å². The molecule has 2 aliphatic rings. The van der Waals surface area contributed by atoms with Crippen LogP contribution in [0.2, 0.25) is 0 Å². The van der Waals surface area contributed by atoms with Crippen molar-refractivity contribution in [2.45, 2.75) is 38.8 Å². The van der Waals surface area contributed by atoms with Crippen LogP contribution in [0, 0.1) is 17.1 Å². The summed E-state index contributed by atoms with van der Waals surface area (Å²) in [6.07, 6.45) is 3.36. The fourth-order valence-corrected chi connectivity index (χ4v) is 5.61. The number of rotatable bonds is 5. The maximum atomic E-state index is 15.4. The predicted molar refractivity (Wildman–Crippen MR) is 166 cm³/mol. The van der Waals surface area contributed by atoms with Gasteiger partial charge in [-0.2, -0.15) is 10.4 Å². The minimum atomic E-state index is -0.939. The van der Waals surface area contributed by atoms with Gasteiger partial charge in [0.15, 0.2) is 0 Å². The van der Waals surface area contributed by atoms with Crippen LogP contribution in [-0.4, -0.2) is 49.3 Å². The van der Waals surface area contributed by atoms with Gasteiger partial charge >= 0.3 is 0 Å². The first-order valence-corrected chi connectivity index (χ1v) is 14.2. The summed E-state index contributed by atoms with van der Waals surface area (Å²) in [6.45, 7) is 6.31. The molecule has 0 spiro atoms. The molecule has 4 aromatic rings. The van der Waals surface area contributed by atoms with E-state index >= 15 is 4.39 Å². The van der Waals surface area contributed by atoms with Gasteiger partial charge < -0.3 is 20.6 Å². The van der Waals surface area contributed by atoms with E-state index < -0.39 is 23.4 Å². The molecule has 0 aliphatic carbocycles. The van der Waals surface area contributed by atoms with Gasteiger partial charge in [0.2, 0.25) is 0 Å². The lowest BCUT2D eigenvalue weighted by Gasteiger charge is -2.30. The van der Waals surface area contributed by atoms with Gasteiger partial charge in [-0.05, 0) is 62.1 Å². The monoisotopic (exact) mass is 594 g/mol. The molecule has 2 aliphatic heterocycles. The van der Waals surface area contributed by atoms with Crippen LogP contribution >= 0.6 is 0 Å². The number of amidine groups is 1. The zero-order valence-corrected chi connectivity index (χ0v) is 24.7. The Hall–Kier alpha value is -5.28. The van der Waals surface area contributed by atoms with Gasteiger partial charge in [-0.1, -0.05) is 12.1 Å². The number of nitrogens with one attached hydrogen (secondary N) is 2. The molecule has 0 radical (unpaired) electrons. The lowest BCUT2D eigenvalue weighted by atomic mass is 9.85. The minimum absolute atomic E-state index is 0.126. The summed E-state index contributed by atoms with van der Waals surface area (Å²) in [7, 11) is 1.53. The number of nitrogens with zero attached hydrogens (tertiary/aromatic N) is 6. The minimum Gasteiger partial charge on any atom is -0.392 e. The van der Waals surface area contributed by atoms with E-state index in [4.69, 9.17) is 0 Å². The normalized spacial score (nSPS) is 16.2. The highest BCUT2D eigenvalue weighted by Crippen LogP contribution is 2.30. The fraction of sp³-hybridized carbons (Fsp3) is 0.281. The molecule has 12 heteroatoms. The number of fused-ring (bicyclic) bond motifs is 2. The zero-order chi connectivity index (χ0) is 31.3. The Kier molecular flexibility index (Phi) is 7.05. The standard InChI is InChI=1S/C32H31FN8O3/c1-18-13-35-14-28-37-27(15-41(18)28)36-25-12-24(38-39(4)30(25)43)21-6-5-7-26(22(21)16-42)40-9-8-19-10-20(32(2,3)17-34)11-23(33)29(19)31(40)44/h5-12,14,18,35,42H,13,15-16H2,1-4H3,(H,36,37). The van der Waals surface area contributed by atoms with Gasteiger partial charge in [-0.15, -0.1) is 0 Å². The van der Waals surface area contributed by atoms with Crippen molar-refractivity contribution in [3.63, 3.8) is 0 Å². The second kappa shape index (κ2) is 10.8. The number of anilines is 1. The molecular formula is C32H31FN8O3. The van der Waals surface area contributed by atoms with E-state index in [-0.39, 0.29) is 22.7 Å². The van der Waals surface area contributed by atoms with E-state index in [1.54, 1.807) is 50.2 Å². The Morgan fingerprint density at radius 2 is 2.00 bits per heavy atom. The third kappa shape index (κ3) is 4.81.